The second-order valence-electron chi connectivity index (χ2n) is 5.45. The Hall–Kier alpha value is -2.63. The fourth-order valence-corrected chi connectivity index (χ4v) is 3.16. The summed E-state index contributed by atoms with van der Waals surface area (Å²) in [5.41, 5.74) is 2.78. The Bertz CT molecular complexity index is 780. The first-order chi connectivity index (χ1) is 10.1. The second-order valence-corrected chi connectivity index (χ2v) is 5.45. The van der Waals surface area contributed by atoms with Gasteiger partial charge in [-0.05, 0) is 17.5 Å². The van der Waals surface area contributed by atoms with Gasteiger partial charge in [0.2, 0.25) is 5.60 Å². The number of rotatable bonds is 1. The maximum Gasteiger partial charge on any atom is 0.415 e. The van der Waals surface area contributed by atoms with Gasteiger partial charge in [0.1, 0.15) is 0 Å². The van der Waals surface area contributed by atoms with Crippen LogP contribution in [0.2, 0.25) is 0 Å². The number of hydrogen-bond donors (Lipinski definition) is 1. The van der Waals surface area contributed by atoms with E-state index in [-0.39, 0.29) is 5.91 Å². The van der Waals surface area contributed by atoms with Gasteiger partial charge in [-0.15, -0.1) is 0 Å². The standard InChI is InChI=1S/C15H13N3O3/c1-18-8-11(7-16-18)9-2-3-12-10(6-9)4-5-15(12)13(19)17-14(20)21-15/h2-3,6-8H,4-5H2,1H3,(H,17,19,20). The average molecular weight is 283 g/mol. The fraction of sp³-hybridized carbons (Fsp3) is 0.267. The number of aryl methyl sites for hydroxylation is 2. The van der Waals surface area contributed by atoms with Gasteiger partial charge in [0.05, 0.1) is 6.20 Å². The van der Waals surface area contributed by atoms with Crippen LogP contribution in [0.5, 0.6) is 0 Å². The van der Waals surface area contributed by atoms with E-state index >= 15 is 0 Å². The van der Waals surface area contributed by atoms with Crippen LogP contribution in [-0.4, -0.2) is 21.8 Å². The van der Waals surface area contributed by atoms with Crippen molar-refractivity contribution in [2.75, 3.05) is 0 Å². The third-order valence-electron chi connectivity index (χ3n) is 4.17. The molecule has 1 aromatic carbocycles. The average Bonchev–Trinajstić information content (AvgIpc) is 3.11. The molecule has 0 bridgehead atoms. The molecule has 1 unspecified atom stereocenters. The number of fused-ring (bicyclic) bond motifs is 2. The van der Waals surface area contributed by atoms with Crippen molar-refractivity contribution in [1.82, 2.24) is 15.1 Å². The lowest BCUT2D eigenvalue weighted by Crippen LogP contribution is -2.34. The molecule has 1 aliphatic heterocycles. The number of aromatic nitrogens is 2. The Morgan fingerprint density at radius 3 is 2.86 bits per heavy atom. The van der Waals surface area contributed by atoms with Gasteiger partial charge in [-0.3, -0.25) is 14.8 Å². The van der Waals surface area contributed by atoms with Crippen LogP contribution in [0.4, 0.5) is 4.79 Å². The number of hydrogen-bond acceptors (Lipinski definition) is 4. The van der Waals surface area contributed by atoms with E-state index in [0.29, 0.717) is 12.8 Å². The molecule has 1 aliphatic carbocycles. The third kappa shape index (κ3) is 1.62. The molecule has 1 aromatic heterocycles. The molecule has 2 aliphatic rings. The second kappa shape index (κ2) is 3.94. The van der Waals surface area contributed by atoms with Gasteiger partial charge in [-0.2, -0.15) is 5.10 Å². The highest BCUT2D eigenvalue weighted by molar-refractivity contribution is 6.04. The van der Waals surface area contributed by atoms with Crippen molar-refractivity contribution in [3.63, 3.8) is 0 Å². The Morgan fingerprint density at radius 1 is 1.33 bits per heavy atom. The molecule has 0 radical (unpaired) electrons. The van der Waals surface area contributed by atoms with Gasteiger partial charge in [0.15, 0.2) is 0 Å². The van der Waals surface area contributed by atoms with Crippen molar-refractivity contribution in [1.29, 1.82) is 0 Å². The summed E-state index contributed by atoms with van der Waals surface area (Å²) in [7, 11) is 1.87. The van der Waals surface area contributed by atoms with E-state index in [1.807, 2.05) is 31.4 Å². The zero-order valence-electron chi connectivity index (χ0n) is 11.4. The lowest BCUT2D eigenvalue weighted by molar-refractivity contribution is -0.131. The summed E-state index contributed by atoms with van der Waals surface area (Å²) in [5, 5.41) is 6.39. The summed E-state index contributed by atoms with van der Waals surface area (Å²) in [4.78, 5) is 23.4. The number of nitrogens with one attached hydrogen (secondary N) is 1. The molecule has 6 nitrogen and oxygen atoms in total. The van der Waals surface area contributed by atoms with E-state index in [1.165, 1.54) is 0 Å². The van der Waals surface area contributed by atoms with Gasteiger partial charge in [-0.1, -0.05) is 18.2 Å². The van der Waals surface area contributed by atoms with Crippen LogP contribution < -0.4 is 5.32 Å². The van der Waals surface area contributed by atoms with E-state index in [1.54, 1.807) is 10.9 Å². The highest BCUT2D eigenvalue weighted by Gasteiger charge is 2.54. The fourth-order valence-electron chi connectivity index (χ4n) is 3.16. The van der Waals surface area contributed by atoms with Gasteiger partial charge >= 0.3 is 6.09 Å². The topological polar surface area (TPSA) is 73.2 Å². The molecule has 2 heterocycles. The quantitative estimate of drug-likeness (QED) is 0.860. The van der Waals surface area contributed by atoms with Crippen molar-refractivity contribution >= 4 is 12.0 Å². The summed E-state index contributed by atoms with van der Waals surface area (Å²) in [6.45, 7) is 0. The molecule has 21 heavy (non-hydrogen) atoms. The zero-order chi connectivity index (χ0) is 14.6. The van der Waals surface area contributed by atoms with Crippen LogP contribution in [0, 0.1) is 0 Å². The van der Waals surface area contributed by atoms with Gasteiger partial charge < -0.3 is 4.74 Å². The van der Waals surface area contributed by atoms with Crippen molar-refractivity contribution in [3.05, 3.63) is 41.7 Å². The van der Waals surface area contributed by atoms with Gasteiger partial charge in [0, 0.05) is 30.8 Å². The molecule has 0 saturated carbocycles. The molecular weight excluding hydrogens is 270 g/mol. The summed E-state index contributed by atoms with van der Waals surface area (Å²) < 4.78 is 7.03. The summed E-state index contributed by atoms with van der Waals surface area (Å²) in [5.74, 6) is -0.361. The number of nitrogens with zero attached hydrogens (tertiary/aromatic N) is 2. The van der Waals surface area contributed by atoms with Crippen LogP contribution in [0.1, 0.15) is 17.5 Å². The maximum atomic E-state index is 12.1. The van der Waals surface area contributed by atoms with Crippen molar-refractivity contribution in [2.24, 2.45) is 7.05 Å². The predicted molar refractivity (Wildman–Crippen MR) is 73.3 cm³/mol. The molecule has 2 aromatic rings. The molecule has 1 atom stereocenters. The summed E-state index contributed by atoms with van der Waals surface area (Å²) in [6.07, 6.45) is 4.29. The highest BCUT2D eigenvalue weighted by atomic mass is 16.6. The Labute approximate surface area is 120 Å². The molecule has 1 saturated heterocycles. The molecule has 1 fully saturated rings. The van der Waals surface area contributed by atoms with Crippen molar-refractivity contribution in [2.45, 2.75) is 18.4 Å². The summed E-state index contributed by atoms with van der Waals surface area (Å²) >= 11 is 0. The van der Waals surface area contributed by atoms with Crippen LogP contribution >= 0.6 is 0 Å². The Kier molecular flexibility index (Phi) is 2.28. The van der Waals surface area contributed by atoms with Crippen LogP contribution in [0.3, 0.4) is 0 Å². The largest absolute Gasteiger partial charge is 0.427 e. The number of benzene rings is 1. The minimum Gasteiger partial charge on any atom is -0.427 e. The number of imide groups is 1. The Balaban J connectivity index is 1.79. The number of ether oxygens (including phenoxy) is 1. The minimum absolute atomic E-state index is 0.361. The lowest BCUT2D eigenvalue weighted by Gasteiger charge is -2.19. The SMILES string of the molecule is Cn1cc(-c2ccc3c(c2)CCC32OC(=O)NC2=O)cn1. The number of carbonyl (C=O) groups excluding carboxylic acids is 2. The number of alkyl carbamates (subject to hydrolysis) is 1. The molecule has 6 heteroatoms. The first-order valence-corrected chi connectivity index (χ1v) is 6.75. The number of amides is 2. The predicted octanol–water partition coefficient (Wildman–Crippen LogP) is 1.50. The lowest BCUT2D eigenvalue weighted by atomic mass is 9.94. The minimum atomic E-state index is -1.13. The monoisotopic (exact) mass is 283 g/mol. The van der Waals surface area contributed by atoms with E-state index < -0.39 is 11.7 Å². The van der Waals surface area contributed by atoms with Crippen LogP contribution in [-0.2, 0) is 28.6 Å². The van der Waals surface area contributed by atoms with Crippen LogP contribution in [0.25, 0.3) is 11.1 Å². The van der Waals surface area contributed by atoms with Crippen molar-refractivity contribution < 1.29 is 14.3 Å². The van der Waals surface area contributed by atoms with E-state index in [4.69, 9.17) is 4.74 Å². The molecule has 4 rings (SSSR count). The molecule has 1 N–H and O–H groups in total. The van der Waals surface area contributed by atoms with Gasteiger partial charge in [-0.25, -0.2) is 4.79 Å². The van der Waals surface area contributed by atoms with Crippen molar-refractivity contribution in [3.8, 4) is 11.1 Å². The third-order valence-corrected chi connectivity index (χ3v) is 4.17. The first kappa shape index (κ1) is 12.1. The van der Waals surface area contributed by atoms with E-state index in [9.17, 15) is 9.59 Å². The maximum absolute atomic E-state index is 12.1. The smallest absolute Gasteiger partial charge is 0.415 e. The van der Waals surface area contributed by atoms with Gasteiger partial charge in [0.25, 0.3) is 5.91 Å². The normalized spacial score (nSPS) is 23.3. The van der Waals surface area contributed by atoms with E-state index in [0.717, 1.165) is 22.3 Å². The zero-order valence-corrected chi connectivity index (χ0v) is 11.4. The molecule has 106 valence electrons. The highest BCUT2D eigenvalue weighted by Crippen LogP contribution is 2.43. The van der Waals surface area contributed by atoms with E-state index in [2.05, 4.69) is 10.4 Å². The first-order valence-electron chi connectivity index (χ1n) is 6.75. The van der Waals surface area contributed by atoms with Crippen LogP contribution in [0.15, 0.2) is 30.6 Å². The molecule has 1 spiro atoms. The Morgan fingerprint density at radius 2 is 2.19 bits per heavy atom. The summed E-state index contributed by atoms with van der Waals surface area (Å²) in [6, 6.07) is 5.85. The molecule has 2 amide bonds. The number of carbonyl (C=O) groups is 2. The molecular formula is C15H13N3O3.